The molecule has 0 aromatic heterocycles. The molecule has 0 radical (unpaired) electrons. The summed E-state index contributed by atoms with van der Waals surface area (Å²) < 4.78 is 4.96. The lowest BCUT2D eigenvalue weighted by Crippen LogP contribution is -2.51. The van der Waals surface area contributed by atoms with E-state index in [2.05, 4.69) is 5.32 Å². The largest absolute Gasteiger partial charge is 0.450 e. The van der Waals surface area contributed by atoms with Crippen LogP contribution >= 0.6 is 0 Å². The number of rotatable bonds is 5. The van der Waals surface area contributed by atoms with E-state index in [9.17, 15) is 14.4 Å². The first-order chi connectivity index (χ1) is 11.0. The molecular formula is C16H27N3O4. The van der Waals surface area contributed by atoms with Crippen LogP contribution in [0.4, 0.5) is 4.79 Å². The summed E-state index contributed by atoms with van der Waals surface area (Å²) in [5.41, 5.74) is 0. The van der Waals surface area contributed by atoms with Gasteiger partial charge in [0.25, 0.3) is 0 Å². The Labute approximate surface area is 137 Å². The van der Waals surface area contributed by atoms with Crippen LogP contribution in [0.5, 0.6) is 0 Å². The van der Waals surface area contributed by atoms with Crippen molar-refractivity contribution >= 4 is 17.9 Å². The summed E-state index contributed by atoms with van der Waals surface area (Å²) in [5, 5.41) is 2.94. The normalized spacial score (nSPS) is 24.8. The molecule has 0 aromatic carbocycles. The van der Waals surface area contributed by atoms with Gasteiger partial charge in [0.2, 0.25) is 11.8 Å². The zero-order chi connectivity index (χ0) is 17.0. The molecule has 130 valence electrons. The number of ether oxygens (including phenoxy) is 1. The minimum Gasteiger partial charge on any atom is -0.450 e. The Hall–Kier alpha value is -1.79. The highest BCUT2D eigenvalue weighted by Crippen LogP contribution is 2.40. The van der Waals surface area contributed by atoms with E-state index >= 15 is 0 Å². The van der Waals surface area contributed by atoms with Gasteiger partial charge in [-0.05, 0) is 26.7 Å². The summed E-state index contributed by atoms with van der Waals surface area (Å²) in [6, 6.07) is 0.145. The Balaban J connectivity index is 1.76. The lowest BCUT2D eigenvalue weighted by atomic mass is 10.2. The van der Waals surface area contributed by atoms with E-state index in [1.807, 2.05) is 13.8 Å². The smallest absolute Gasteiger partial charge is 0.409 e. The molecule has 2 fully saturated rings. The number of hydrogen-bond donors (Lipinski definition) is 1. The first-order valence-electron chi connectivity index (χ1n) is 8.48. The predicted molar refractivity (Wildman–Crippen MR) is 84.7 cm³/mol. The summed E-state index contributed by atoms with van der Waals surface area (Å²) in [6.07, 6.45) is 1.20. The number of hydrogen-bond acceptors (Lipinski definition) is 4. The SMILES string of the molecule is CCOC(=O)N1CCN(C(=O)C2CC2C(=O)NC(C)CC)CC1. The van der Waals surface area contributed by atoms with E-state index in [-0.39, 0.29) is 35.8 Å². The molecule has 2 rings (SSSR count). The van der Waals surface area contributed by atoms with Crippen LogP contribution in [-0.4, -0.2) is 66.5 Å². The van der Waals surface area contributed by atoms with Crippen molar-refractivity contribution in [3.05, 3.63) is 0 Å². The maximum Gasteiger partial charge on any atom is 0.409 e. The van der Waals surface area contributed by atoms with Crippen molar-refractivity contribution in [3.63, 3.8) is 0 Å². The molecule has 1 heterocycles. The first kappa shape index (κ1) is 17.6. The molecule has 7 heteroatoms. The van der Waals surface area contributed by atoms with Gasteiger partial charge in [-0.25, -0.2) is 4.79 Å². The van der Waals surface area contributed by atoms with Gasteiger partial charge < -0.3 is 19.9 Å². The van der Waals surface area contributed by atoms with Crippen LogP contribution < -0.4 is 5.32 Å². The number of amides is 3. The molecule has 1 aliphatic carbocycles. The average molecular weight is 325 g/mol. The van der Waals surface area contributed by atoms with Crippen molar-refractivity contribution in [1.82, 2.24) is 15.1 Å². The standard InChI is InChI=1S/C16H27N3O4/c1-4-11(3)17-14(20)12-10-13(12)15(21)18-6-8-19(9-7-18)16(22)23-5-2/h11-13H,4-10H2,1-3H3,(H,17,20). The summed E-state index contributed by atoms with van der Waals surface area (Å²) >= 11 is 0. The Morgan fingerprint density at radius 2 is 1.70 bits per heavy atom. The molecule has 2 aliphatic rings. The third kappa shape index (κ3) is 4.36. The van der Waals surface area contributed by atoms with E-state index in [1.54, 1.807) is 16.7 Å². The molecule has 1 saturated carbocycles. The quantitative estimate of drug-likeness (QED) is 0.812. The van der Waals surface area contributed by atoms with Gasteiger partial charge in [0, 0.05) is 32.2 Å². The van der Waals surface area contributed by atoms with Gasteiger partial charge in [0.05, 0.1) is 18.4 Å². The van der Waals surface area contributed by atoms with E-state index in [0.29, 0.717) is 39.2 Å². The number of carbonyl (C=O) groups is 3. The molecule has 1 aliphatic heterocycles. The highest BCUT2D eigenvalue weighted by atomic mass is 16.6. The second-order valence-electron chi connectivity index (χ2n) is 6.28. The third-order valence-corrected chi connectivity index (χ3v) is 4.56. The number of carbonyl (C=O) groups excluding carboxylic acids is 3. The van der Waals surface area contributed by atoms with Crippen LogP contribution in [0.3, 0.4) is 0 Å². The zero-order valence-electron chi connectivity index (χ0n) is 14.2. The minimum absolute atomic E-state index is 0.0112. The first-order valence-corrected chi connectivity index (χ1v) is 8.48. The fraction of sp³-hybridized carbons (Fsp3) is 0.812. The second-order valence-corrected chi connectivity index (χ2v) is 6.28. The van der Waals surface area contributed by atoms with Gasteiger partial charge in [0.1, 0.15) is 0 Å². The number of nitrogens with one attached hydrogen (secondary N) is 1. The molecule has 1 saturated heterocycles. The van der Waals surface area contributed by atoms with Crippen LogP contribution in [0.25, 0.3) is 0 Å². The van der Waals surface area contributed by atoms with E-state index in [0.717, 1.165) is 6.42 Å². The highest BCUT2D eigenvalue weighted by molar-refractivity contribution is 5.92. The molecule has 0 bridgehead atoms. The van der Waals surface area contributed by atoms with Gasteiger partial charge >= 0.3 is 6.09 Å². The Kier molecular flexibility index (Phi) is 5.85. The maximum absolute atomic E-state index is 12.4. The maximum atomic E-state index is 12.4. The predicted octanol–water partition coefficient (Wildman–Crippen LogP) is 0.838. The van der Waals surface area contributed by atoms with Crippen LogP contribution in [0.1, 0.15) is 33.6 Å². The molecule has 0 spiro atoms. The highest BCUT2D eigenvalue weighted by Gasteiger charge is 2.49. The Morgan fingerprint density at radius 3 is 2.26 bits per heavy atom. The molecule has 7 nitrogen and oxygen atoms in total. The van der Waals surface area contributed by atoms with Crippen molar-refractivity contribution in [2.45, 2.75) is 39.7 Å². The van der Waals surface area contributed by atoms with Gasteiger partial charge in [-0.15, -0.1) is 0 Å². The number of nitrogens with zero attached hydrogens (tertiary/aromatic N) is 2. The molecular weight excluding hydrogens is 298 g/mol. The lowest BCUT2D eigenvalue weighted by Gasteiger charge is -2.34. The Morgan fingerprint density at radius 1 is 1.09 bits per heavy atom. The van der Waals surface area contributed by atoms with E-state index in [1.165, 1.54) is 0 Å². The van der Waals surface area contributed by atoms with Crippen LogP contribution in [0.15, 0.2) is 0 Å². The Bertz CT molecular complexity index is 460. The van der Waals surface area contributed by atoms with Gasteiger partial charge in [-0.1, -0.05) is 6.92 Å². The zero-order valence-corrected chi connectivity index (χ0v) is 14.2. The molecule has 23 heavy (non-hydrogen) atoms. The van der Waals surface area contributed by atoms with Crippen molar-refractivity contribution in [1.29, 1.82) is 0 Å². The van der Waals surface area contributed by atoms with E-state index in [4.69, 9.17) is 4.74 Å². The number of piperazine rings is 1. The second kappa shape index (κ2) is 7.66. The summed E-state index contributed by atoms with van der Waals surface area (Å²) in [7, 11) is 0. The summed E-state index contributed by atoms with van der Waals surface area (Å²) in [6.45, 7) is 8.10. The van der Waals surface area contributed by atoms with Gasteiger partial charge in [-0.3, -0.25) is 9.59 Å². The van der Waals surface area contributed by atoms with E-state index < -0.39 is 0 Å². The van der Waals surface area contributed by atoms with Gasteiger partial charge in [0.15, 0.2) is 0 Å². The molecule has 1 N–H and O–H groups in total. The summed E-state index contributed by atoms with van der Waals surface area (Å²) in [4.78, 5) is 39.5. The monoisotopic (exact) mass is 325 g/mol. The fourth-order valence-electron chi connectivity index (χ4n) is 2.77. The topological polar surface area (TPSA) is 79.0 Å². The van der Waals surface area contributed by atoms with Crippen LogP contribution in [0, 0.1) is 11.8 Å². The van der Waals surface area contributed by atoms with Crippen molar-refractivity contribution < 1.29 is 19.1 Å². The molecule has 3 atom stereocenters. The van der Waals surface area contributed by atoms with Crippen molar-refractivity contribution in [2.24, 2.45) is 11.8 Å². The average Bonchev–Trinajstić information content (AvgIpc) is 3.35. The molecule has 3 amide bonds. The third-order valence-electron chi connectivity index (χ3n) is 4.56. The minimum atomic E-state index is -0.322. The molecule has 0 aromatic rings. The summed E-state index contributed by atoms with van der Waals surface area (Å²) in [5.74, 6) is -0.339. The fourth-order valence-corrected chi connectivity index (χ4v) is 2.77. The van der Waals surface area contributed by atoms with Crippen molar-refractivity contribution in [3.8, 4) is 0 Å². The van der Waals surface area contributed by atoms with Crippen molar-refractivity contribution in [2.75, 3.05) is 32.8 Å². The lowest BCUT2D eigenvalue weighted by molar-refractivity contribution is -0.136. The van der Waals surface area contributed by atoms with Crippen LogP contribution in [-0.2, 0) is 14.3 Å². The van der Waals surface area contributed by atoms with Gasteiger partial charge in [-0.2, -0.15) is 0 Å². The molecule has 3 unspecified atom stereocenters. The van der Waals surface area contributed by atoms with Crippen LogP contribution in [0.2, 0.25) is 0 Å².